The van der Waals surface area contributed by atoms with Crippen LogP contribution >= 0.6 is 0 Å². The first-order valence-corrected chi connectivity index (χ1v) is 10.7. The van der Waals surface area contributed by atoms with Crippen molar-refractivity contribution in [1.82, 2.24) is 0 Å². The second-order valence-electron chi connectivity index (χ2n) is 7.06. The number of carbonyl (C=O) groups excluding carboxylic acids is 2. The van der Waals surface area contributed by atoms with Gasteiger partial charge in [0.2, 0.25) is 0 Å². The van der Waals surface area contributed by atoms with Crippen LogP contribution in [0.5, 0.6) is 0 Å². The van der Waals surface area contributed by atoms with Crippen LogP contribution in [0.4, 0.5) is 5.69 Å². The van der Waals surface area contributed by atoms with Crippen molar-refractivity contribution < 1.29 is 22.7 Å². The summed E-state index contributed by atoms with van der Waals surface area (Å²) in [5.41, 5.74) is 2.09. The summed E-state index contributed by atoms with van der Waals surface area (Å²) in [7, 11) is -3.87. The Bertz CT molecular complexity index is 1010. The molecular formula is C21H23NO5S. The lowest BCUT2D eigenvalue weighted by molar-refractivity contribution is -0.129. The number of benzene rings is 2. The molecule has 1 aliphatic rings. The molecule has 28 heavy (non-hydrogen) atoms. The Morgan fingerprint density at radius 2 is 1.89 bits per heavy atom. The van der Waals surface area contributed by atoms with Crippen LogP contribution in [-0.4, -0.2) is 26.3 Å². The van der Waals surface area contributed by atoms with Crippen LogP contribution in [-0.2, 0) is 19.6 Å². The molecule has 0 aromatic heterocycles. The fourth-order valence-corrected chi connectivity index (χ4v) is 4.25. The van der Waals surface area contributed by atoms with E-state index in [4.69, 9.17) is 4.74 Å². The number of esters is 1. The maximum atomic E-state index is 12.7. The van der Waals surface area contributed by atoms with Crippen molar-refractivity contribution in [3.8, 4) is 0 Å². The molecule has 1 fully saturated rings. The van der Waals surface area contributed by atoms with Crippen molar-refractivity contribution in [2.24, 2.45) is 0 Å². The lowest BCUT2D eigenvalue weighted by Gasteiger charge is -2.21. The molecule has 148 valence electrons. The number of sulfonamides is 1. The van der Waals surface area contributed by atoms with E-state index < -0.39 is 22.1 Å². The minimum absolute atomic E-state index is 0.0403. The lowest BCUT2D eigenvalue weighted by atomic mass is 9.96. The predicted molar refractivity (Wildman–Crippen MR) is 106 cm³/mol. The minimum Gasteiger partial charge on any atom is -0.451 e. The number of anilines is 1. The van der Waals surface area contributed by atoms with Crippen molar-refractivity contribution in [3.05, 3.63) is 59.2 Å². The van der Waals surface area contributed by atoms with E-state index in [0.29, 0.717) is 24.1 Å². The van der Waals surface area contributed by atoms with Crippen LogP contribution in [0.25, 0.3) is 0 Å². The standard InChI is InChI=1S/C21H23NO5S/c1-14-6-5-7-16(12-14)22-28(25,26)17-11-10-15(2)18(13-17)21(24)27-20-9-4-3-8-19(20)23/h5-7,10-13,20,22H,3-4,8-9H2,1-2H3/t20-/m0/s1. The van der Waals surface area contributed by atoms with Crippen LogP contribution in [0.15, 0.2) is 47.4 Å². The predicted octanol–water partition coefficient (Wildman–Crippen LogP) is 3.77. The average molecular weight is 401 g/mol. The van der Waals surface area contributed by atoms with E-state index in [1.54, 1.807) is 31.2 Å². The Morgan fingerprint density at radius 1 is 1.11 bits per heavy atom. The van der Waals surface area contributed by atoms with Gasteiger partial charge >= 0.3 is 5.97 Å². The van der Waals surface area contributed by atoms with Gasteiger partial charge in [-0.05, 0) is 68.5 Å². The first kappa shape index (κ1) is 20.1. The number of ether oxygens (including phenoxy) is 1. The molecule has 6 nitrogen and oxygen atoms in total. The van der Waals surface area contributed by atoms with Gasteiger partial charge in [0.25, 0.3) is 10.0 Å². The topological polar surface area (TPSA) is 89.5 Å². The first-order valence-electron chi connectivity index (χ1n) is 9.20. The number of rotatable bonds is 5. The van der Waals surface area contributed by atoms with Crippen molar-refractivity contribution in [2.45, 2.75) is 50.5 Å². The molecule has 1 N–H and O–H groups in total. The van der Waals surface area contributed by atoms with Crippen LogP contribution in [0.2, 0.25) is 0 Å². The summed E-state index contributed by atoms with van der Waals surface area (Å²) in [4.78, 5) is 24.5. The molecule has 0 aliphatic heterocycles. The van der Waals surface area contributed by atoms with Gasteiger partial charge < -0.3 is 4.74 Å². The molecule has 0 spiro atoms. The fourth-order valence-electron chi connectivity index (χ4n) is 3.18. The van der Waals surface area contributed by atoms with Crippen molar-refractivity contribution in [3.63, 3.8) is 0 Å². The van der Waals surface area contributed by atoms with Gasteiger partial charge in [0, 0.05) is 12.1 Å². The quantitative estimate of drug-likeness (QED) is 0.770. The highest BCUT2D eigenvalue weighted by Gasteiger charge is 2.27. The molecule has 0 amide bonds. The van der Waals surface area contributed by atoms with Gasteiger partial charge in [-0.1, -0.05) is 18.2 Å². The highest BCUT2D eigenvalue weighted by atomic mass is 32.2. The minimum atomic E-state index is -3.87. The molecule has 1 aliphatic carbocycles. The molecule has 2 aromatic rings. The summed E-state index contributed by atoms with van der Waals surface area (Å²) < 4.78 is 33.3. The van der Waals surface area contributed by atoms with E-state index in [9.17, 15) is 18.0 Å². The second kappa shape index (κ2) is 8.14. The van der Waals surface area contributed by atoms with Crippen molar-refractivity contribution >= 4 is 27.5 Å². The Labute approximate surface area is 165 Å². The molecule has 0 saturated heterocycles. The van der Waals surface area contributed by atoms with Gasteiger partial charge in [-0.2, -0.15) is 0 Å². The molecule has 7 heteroatoms. The third-order valence-electron chi connectivity index (χ3n) is 4.76. The van der Waals surface area contributed by atoms with Crippen LogP contribution in [0.3, 0.4) is 0 Å². The number of carbonyl (C=O) groups is 2. The number of hydrogen-bond acceptors (Lipinski definition) is 5. The highest BCUT2D eigenvalue weighted by molar-refractivity contribution is 7.92. The molecule has 3 rings (SSSR count). The van der Waals surface area contributed by atoms with E-state index in [1.807, 2.05) is 13.0 Å². The molecule has 0 bridgehead atoms. The van der Waals surface area contributed by atoms with E-state index in [2.05, 4.69) is 4.72 Å². The third kappa shape index (κ3) is 4.59. The average Bonchev–Trinajstić information content (AvgIpc) is 2.63. The van der Waals surface area contributed by atoms with Gasteiger partial charge in [0.05, 0.1) is 10.5 Å². The summed E-state index contributed by atoms with van der Waals surface area (Å²) in [6.45, 7) is 3.56. The zero-order chi connectivity index (χ0) is 20.3. The summed E-state index contributed by atoms with van der Waals surface area (Å²) in [5, 5.41) is 0. The van der Waals surface area contributed by atoms with Gasteiger partial charge in [-0.15, -0.1) is 0 Å². The number of aryl methyl sites for hydroxylation is 2. The maximum Gasteiger partial charge on any atom is 0.339 e. The van der Waals surface area contributed by atoms with Gasteiger partial charge in [0.15, 0.2) is 11.9 Å². The third-order valence-corrected chi connectivity index (χ3v) is 6.14. The SMILES string of the molecule is Cc1cccc(NS(=O)(=O)c2ccc(C)c(C(=O)O[C@H]3CCCCC3=O)c2)c1. The van der Waals surface area contributed by atoms with E-state index in [1.165, 1.54) is 12.1 Å². The number of hydrogen-bond donors (Lipinski definition) is 1. The molecule has 0 unspecified atom stereocenters. The molecule has 1 atom stereocenters. The Kier molecular flexibility index (Phi) is 5.84. The van der Waals surface area contributed by atoms with Gasteiger partial charge in [0.1, 0.15) is 0 Å². The second-order valence-corrected chi connectivity index (χ2v) is 8.74. The summed E-state index contributed by atoms with van der Waals surface area (Å²) in [6.07, 6.45) is 1.82. The normalized spacial score (nSPS) is 17.2. The maximum absolute atomic E-state index is 12.7. The number of ketones is 1. The molecule has 2 aromatic carbocycles. The van der Waals surface area contributed by atoms with E-state index in [-0.39, 0.29) is 16.2 Å². The largest absolute Gasteiger partial charge is 0.451 e. The Morgan fingerprint density at radius 3 is 2.61 bits per heavy atom. The molecular weight excluding hydrogens is 378 g/mol. The summed E-state index contributed by atoms with van der Waals surface area (Å²) in [6, 6.07) is 11.3. The zero-order valence-corrected chi connectivity index (χ0v) is 16.7. The van der Waals surface area contributed by atoms with E-state index in [0.717, 1.165) is 18.4 Å². The summed E-state index contributed by atoms with van der Waals surface area (Å²) in [5.74, 6) is -0.757. The van der Waals surface area contributed by atoms with E-state index >= 15 is 0 Å². The Hall–Kier alpha value is -2.67. The lowest BCUT2D eigenvalue weighted by Crippen LogP contribution is -2.30. The van der Waals surface area contributed by atoms with Crippen LogP contribution in [0, 0.1) is 13.8 Å². The van der Waals surface area contributed by atoms with Crippen molar-refractivity contribution in [2.75, 3.05) is 4.72 Å². The molecule has 1 saturated carbocycles. The fraction of sp³-hybridized carbons (Fsp3) is 0.333. The first-order chi connectivity index (χ1) is 13.3. The smallest absolute Gasteiger partial charge is 0.339 e. The highest BCUT2D eigenvalue weighted by Crippen LogP contribution is 2.23. The molecule has 0 heterocycles. The summed E-state index contributed by atoms with van der Waals surface area (Å²) >= 11 is 0. The number of nitrogens with one attached hydrogen (secondary N) is 1. The number of Topliss-reactive ketones (excluding diaryl/α,β-unsaturated/α-hetero) is 1. The van der Waals surface area contributed by atoms with Gasteiger partial charge in [-0.25, -0.2) is 13.2 Å². The van der Waals surface area contributed by atoms with Crippen molar-refractivity contribution in [1.29, 1.82) is 0 Å². The van der Waals surface area contributed by atoms with Crippen LogP contribution in [0.1, 0.15) is 47.2 Å². The zero-order valence-electron chi connectivity index (χ0n) is 15.9. The van der Waals surface area contributed by atoms with Crippen LogP contribution < -0.4 is 4.72 Å². The monoisotopic (exact) mass is 401 g/mol. The Balaban J connectivity index is 1.83. The molecule has 0 radical (unpaired) electrons. The van der Waals surface area contributed by atoms with Gasteiger partial charge in [-0.3, -0.25) is 9.52 Å².